The molecule has 2 fully saturated rings. The minimum Gasteiger partial charge on any atom is -0.450 e. The molecule has 2 aliphatic rings. The largest absolute Gasteiger partial charge is 0.450 e. The molecule has 0 unspecified atom stereocenters. The van der Waals surface area contributed by atoms with Crippen molar-refractivity contribution in [2.45, 2.75) is 32.2 Å². The number of carbonyl (C=O) groups is 3. The summed E-state index contributed by atoms with van der Waals surface area (Å²) in [7, 11) is -3.73. The van der Waals surface area contributed by atoms with Crippen molar-refractivity contribution in [2.24, 2.45) is 0 Å². The summed E-state index contributed by atoms with van der Waals surface area (Å²) in [5, 5.41) is 3.01. The number of nitrogens with zero attached hydrogens (tertiary/aromatic N) is 2. The van der Waals surface area contributed by atoms with Crippen LogP contribution < -0.4 is 9.62 Å². The molecule has 0 bridgehead atoms. The van der Waals surface area contributed by atoms with Gasteiger partial charge in [0, 0.05) is 25.6 Å². The number of halogens is 1. The Bertz CT molecular complexity index is 928. The van der Waals surface area contributed by atoms with Gasteiger partial charge in [-0.2, -0.15) is 0 Å². The van der Waals surface area contributed by atoms with Gasteiger partial charge in [0.25, 0.3) is 5.91 Å². The van der Waals surface area contributed by atoms with Gasteiger partial charge in [-0.3, -0.25) is 9.59 Å². The second kappa shape index (κ2) is 8.58. The summed E-state index contributed by atoms with van der Waals surface area (Å²) in [6.45, 7) is 2.96. The maximum absolute atomic E-state index is 12.7. The van der Waals surface area contributed by atoms with E-state index in [-0.39, 0.29) is 40.6 Å². The topological polar surface area (TPSA) is 113 Å². The number of anilines is 1. The minimum atomic E-state index is -3.73. The Hall–Kier alpha value is -2.33. The number of carbonyl (C=O) groups excluding carboxylic acids is 3. The summed E-state index contributed by atoms with van der Waals surface area (Å²) < 4.78 is 29.9. The Morgan fingerprint density at radius 3 is 2.55 bits per heavy atom. The van der Waals surface area contributed by atoms with Crippen LogP contribution in [0.3, 0.4) is 0 Å². The molecule has 1 aromatic rings. The highest BCUT2D eigenvalue weighted by Gasteiger charge is 2.36. The Balaban J connectivity index is 1.69. The van der Waals surface area contributed by atoms with E-state index in [1.54, 1.807) is 11.8 Å². The SMILES string of the molecule is CCOC(=O)N1CCC(NC(=O)c2cc(N3C(=O)CCS3(=O)=O)ccc2Cl)CC1. The van der Waals surface area contributed by atoms with Crippen LogP contribution in [0.15, 0.2) is 18.2 Å². The van der Waals surface area contributed by atoms with Crippen molar-refractivity contribution in [3.8, 4) is 0 Å². The third kappa shape index (κ3) is 4.64. The molecule has 0 aromatic heterocycles. The lowest BCUT2D eigenvalue weighted by molar-refractivity contribution is -0.116. The van der Waals surface area contributed by atoms with Gasteiger partial charge < -0.3 is 15.0 Å². The number of amides is 3. The zero-order valence-electron chi connectivity index (χ0n) is 15.9. The molecule has 2 aliphatic heterocycles. The van der Waals surface area contributed by atoms with E-state index in [0.717, 1.165) is 4.31 Å². The normalized spacial score (nSPS) is 19.3. The van der Waals surface area contributed by atoms with Crippen LogP contribution >= 0.6 is 11.6 Å². The highest BCUT2D eigenvalue weighted by atomic mass is 35.5. The molecular formula is C18H22ClN3O6S. The summed E-state index contributed by atoms with van der Waals surface area (Å²) in [4.78, 5) is 38.0. The van der Waals surface area contributed by atoms with Crippen LogP contribution in [0.5, 0.6) is 0 Å². The lowest BCUT2D eigenvalue weighted by Gasteiger charge is -2.31. The molecule has 1 N–H and O–H groups in total. The molecule has 0 saturated carbocycles. The molecule has 2 heterocycles. The first-order valence-corrected chi connectivity index (χ1v) is 11.3. The Morgan fingerprint density at radius 2 is 1.97 bits per heavy atom. The van der Waals surface area contributed by atoms with Gasteiger partial charge in [0.1, 0.15) is 0 Å². The number of hydrogen-bond acceptors (Lipinski definition) is 6. The molecule has 0 atom stereocenters. The van der Waals surface area contributed by atoms with Crippen molar-refractivity contribution in [2.75, 3.05) is 29.8 Å². The van der Waals surface area contributed by atoms with E-state index >= 15 is 0 Å². The fraction of sp³-hybridized carbons (Fsp3) is 0.500. The zero-order valence-corrected chi connectivity index (χ0v) is 17.5. The maximum Gasteiger partial charge on any atom is 0.409 e. The summed E-state index contributed by atoms with van der Waals surface area (Å²) in [5.41, 5.74) is 0.186. The van der Waals surface area contributed by atoms with Crippen LogP contribution in [0, 0.1) is 0 Å². The van der Waals surface area contributed by atoms with Crippen LogP contribution in [0.2, 0.25) is 5.02 Å². The molecule has 158 valence electrons. The smallest absolute Gasteiger partial charge is 0.409 e. The van der Waals surface area contributed by atoms with Gasteiger partial charge in [-0.25, -0.2) is 17.5 Å². The predicted octanol–water partition coefficient (Wildman–Crippen LogP) is 1.76. The van der Waals surface area contributed by atoms with E-state index < -0.39 is 21.8 Å². The summed E-state index contributed by atoms with van der Waals surface area (Å²) in [5.74, 6) is -1.25. The molecule has 0 aliphatic carbocycles. The second-order valence-electron chi connectivity index (χ2n) is 6.82. The molecule has 11 heteroatoms. The Morgan fingerprint density at radius 1 is 1.28 bits per heavy atom. The summed E-state index contributed by atoms with van der Waals surface area (Å²) in [6.07, 6.45) is 0.650. The highest BCUT2D eigenvalue weighted by molar-refractivity contribution is 7.94. The van der Waals surface area contributed by atoms with E-state index in [4.69, 9.17) is 16.3 Å². The van der Waals surface area contributed by atoms with Crippen molar-refractivity contribution in [1.82, 2.24) is 10.2 Å². The first kappa shape index (κ1) is 21.4. The van der Waals surface area contributed by atoms with Gasteiger partial charge >= 0.3 is 6.09 Å². The van der Waals surface area contributed by atoms with E-state index in [1.807, 2.05) is 0 Å². The van der Waals surface area contributed by atoms with Crippen LogP contribution in [0.25, 0.3) is 0 Å². The van der Waals surface area contributed by atoms with E-state index in [2.05, 4.69) is 5.32 Å². The van der Waals surface area contributed by atoms with E-state index in [1.165, 1.54) is 18.2 Å². The van der Waals surface area contributed by atoms with Crippen molar-refractivity contribution < 1.29 is 27.5 Å². The van der Waals surface area contributed by atoms with Gasteiger partial charge in [-0.15, -0.1) is 0 Å². The third-order valence-corrected chi connectivity index (χ3v) is 6.88. The first-order valence-electron chi connectivity index (χ1n) is 9.31. The fourth-order valence-electron chi connectivity index (χ4n) is 3.37. The third-order valence-electron chi connectivity index (χ3n) is 4.86. The average Bonchev–Trinajstić information content (AvgIpc) is 2.95. The monoisotopic (exact) mass is 443 g/mol. The lowest BCUT2D eigenvalue weighted by atomic mass is 10.0. The predicted molar refractivity (Wildman–Crippen MR) is 106 cm³/mol. The van der Waals surface area contributed by atoms with Gasteiger partial charge in [-0.1, -0.05) is 11.6 Å². The lowest BCUT2D eigenvalue weighted by Crippen LogP contribution is -2.46. The van der Waals surface area contributed by atoms with E-state index in [9.17, 15) is 22.8 Å². The highest BCUT2D eigenvalue weighted by Crippen LogP contribution is 2.29. The number of likely N-dealkylation sites (tertiary alicyclic amines) is 1. The first-order chi connectivity index (χ1) is 13.7. The number of nitrogens with one attached hydrogen (secondary N) is 1. The molecule has 0 spiro atoms. The number of ether oxygens (including phenoxy) is 1. The summed E-state index contributed by atoms with van der Waals surface area (Å²) >= 11 is 6.14. The van der Waals surface area contributed by atoms with Crippen molar-refractivity contribution >= 4 is 45.2 Å². The van der Waals surface area contributed by atoms with E-state index in [0.29, 0.717) is 32.5 Å². The molecule has 1 aromatic carbocycles. The van der Waals surface area contributed by atoms with Crippen molar-refractivity contribution in [1.29, 1.82) is 0 Å². The van der Waals surface area contributed by atoms with Gasteiger partial charge in [0.15, 0.2) is 0 Å². The van der Waals surface area contributed by atoms with Crippen LogP contribution in [-0.2, 0) is 19.6 Å². The molecule has 3 rings (SSSR count). The maximum atomic E-state index is 12.7. The van der Waals surface area contributed by atoms with Crippen LogP contribution in [0.4, 0.5) is 10.5 Å². The molecule has 9 nitrogen and oxygen atoms in total. The number of rotatable bonds is 4. The quantitative estimate of drug-likeness (QED) is 0.758. The van der Waals surface area contributed by atoms with Crippen molar-refractivity contribution in [3.63, 3.8) is 0 Å². The molecule has 3 amide bonds. The van der Waals surface area contributed by atoms with Crippen LogP contribution in [0.1, 0.15) is 36.5 Å². The molecular weight excluding hydrogens is 422 g/mol. The average molecular weight is 444 g/mol. The number of sulfonamides is 1. The number of hydrogen-bond donors (Lipinski definition) is 1. The molecule has 29 heavy (non-hydrogen) atoms. The fourth-order valence-corrected chi connectivity index (χ4v) is 5.02. The second-order valence-corrected chi connectivity index (χ2v) is 9.17. The molecule has 2 saturated heterocycles. The number of benzene rings is 1. The standard InChI is InChI=1S/C18H22ClN3O6S/c1-2-28-18(25)21-8-5-12(6-9-21)20-17(24)14-11-13(3-4-15(14)19)22-16(23)7-10-29(22,26)27/h3-4,11-12H,2,5-10H2,1H3,(H,20,24). The number of piperidine rings is 1. The van der Waals surface area contributed by atoms with Crippen molar-refractivity contribution in [3.05, 3.63) is 28.8 Å². The van der Waals surface area contributed by atoms with Gasteiger partial charge in [-0.05, 0) is 38.0 Å². The molecule has 0 radical (unpaired) electrons. The van der Waals surface area contributed by atoms with Gasteiger partial charge in [0.05, 0.1) is 28.6 Å². The zero-order chi connectivity index (χ0) is 21.2. The van der Waals surface area contributed by atoms with Gasteiger partial charge in [0.2, 0.25) is 15.9 Å². The summed E-state index contributed by atoms with van der Waals surface area (Å²) in [6, 6.07) is 3.95. The van der Waals surface area contributed by atoms with Crippen LogP contribution in [-0.4, -0.2) is 62.7 Å². The Labute approximate surface area is 174 Å². The minimum absolute atomic E-state index is 0.0897. The Kier molecular flexibility index (Phi) is 6.33.